The summed E-state index contributed by atoms with van der Waals surface area (Å²) in [5, 5.41) is 0. The SMILES string of the molecule is CSCC[C@H](N)C(=O)N(CCC(C)C)CCC(C)C. The molecule has 0 aliphatic heterocycles. The molecule has 1 amide bonds. The number of hydrogen-bond acceptors (Lipinski definition) is 3. The summed E-state index contributed by atoms with van der Waals surface area (Å²) in [5.41, 5.74) is 6.01. The van der Waals surface area contributed by atoms with Gasteiger partial charge in [0.25, 0.3) is 0 Å². The first-order valence-electron chi connectivity index (χ1n) is 7.41. The minimum atomic E-state index is -0.327. The maximum Gasteiger partial charge on any atom is 0.239 e. The Kier molecular flexibility index (Phi) is 10.4. The molecule has 0 spiro atoms. The molecule has 114 valence electrons. The van der Waals surface area contributed by atoms with Gasteiger partial charge < -0.3 is 10.6 Å². The van der Waals surface area contributed by atoms with E-state index in [1.54, 1.807) is 11.8 Å². The second kappa shape index (κ2) is 10.6. The second-order valence-corrected chi connectivity index (χ2v) is 7.06. The summed E-state index contributed by atoms with van der Waals surface area (Å²) < 4.78 is 0. The van der Waals surface area contributed by atoms with E-state index in [0.29, 0.717) is 11.8 Å². The summed E-state index contributed by atoms with van der Waals surface area (Å²) in [4.78, 5) is 14.3. The van der Waals surface area contributed by atoms with Crippen LogP contribution in [0.25, 0.3) is 0 Å². The highest BCUT2D eigenvalue weighted by Crippen LogP contribution is 2.09. The quantitative estimate of drug-likeness (QED) is 0.672. The van der Waals surface area contributed by atoms with E-state index in [1.807, 2.05) is 11.2 Å². The zero-order chi connectivity index (χ0) is 14.8. The first kappa shape index (κ1) is 18.8. The minimum absolute atomic E-state index is 0.135. The van der Waals surface area contributed by atoms with Crippen LogP contribution in [0.1, 0.15) is 47.0 Å². The van der Waals surface area contributed by atoms with E-state index < -0.39 is 0 Å². The van der Waals surface area contributed by atoms with Gasteiger partial charge >= 0.3 is 0 Å². The van der Waals surface area contributed by atoms with Crippen molar-refractivity contribution >= 4 is 17.7 Å². The molecule has 0 rings (SSSR count). The third-order valence-electron chi connectivity index (χ3n) is 3.21. The molecule has 0 heterocycles. The van der Waals surface area contributed by atoms with Gasteiger partial charge in [-0.05, 0) is 43.1 Å². The number of nitrogens with two attached hydrogens (primary N) is 1. The van der Waals surface area contributed by atoms with Crippen LogP contribution in [0.4, 0.5) is 0 Å². The molecule has 19 heavy (non-hydrogen) atoms. The van der Waals surface area contributed by atoms with Crippen molar-refractivity contribution in [3.8, 4) is 0 Å². The molecule has 0 aromatic heterocycles. The van der Waals surface area contributed by atoms with Crippen LogP contribution in [-0.4, -0.2) is 41.9 Å². The zero-order valence-corrected chi connectivity index (χ0v) is 14.1. The average Bonchev–Trinajstić information content (AvgIpc) is 2.34. The smallest absolute Gasteiger partial charge is 0.239 e. The summed E-state index contributed by atoms with van der Waals surface area (Å²) >= 11 is 1.74. The van der Waals surface area contributed by atoms with E-state index in [9.17, 15) is 4.79 Å². The van der Waals surface area contributed by atoms with Gasteiger partial charge in [0.1, 0.15) is 0 Å². The molecule has 1 atom stereocenters. The number of carbonyl (C=O) groups excluding carboxylic acids is 1. The fourth-order valence-electron chi connectivity index (χ4n) is 1.76. The van der Waals surface area contributed by atoms with Gasteiger partial charge in [0.05, 0.1) is 6.04 Å². The molecule has 0 saturated carbocycles. The van der Waals surface area contributed by atoms with Crippen molar-refractivity contribution in [3.63, 3.8) is 0 Å². The van der Waals surface area contributed by atoms with Gasteiger partial charge in [0.2, 0.25) is 5.91 Å². The van der Waals surface area contributed by atoms with Crippen LogP contribution < -0.4 is 5.73 Å². The molecule has 3 nitrogen and oxygen atoms in total. The highest BCUT2D eigenvalue weighted by atomic mass is 32.2. The van der Waals surface area contributed by atoms with Crippen LogP contribution in [0.5, 0.6) is 0 Å². The Bertz CT molecular complexity index is 232. The van der Waals surface area contributed by atoms with Crippen molar-refractivity contribution in [2.45, 2.75) is 53.0 Å². The average molecular weight is 289 g/mol. The third kappa shape index (κ3) is 9.33. The van der Waals surface area contributed by atoms with E-state index in [4.69, 9.17) is 5.73 Å². The Morgan fingerprint density at radius 3 is 1.89 bits per heavy atom. The molecule has 0 aromatic carbocycles. The van der Waals surface area contributed by atoms with Gasteiger partial charge in [-0.1, -0.05) is 27.7 Å². The predicted molar refractivity (Wildman–Crippen MR) is 86.5 cm³/mol. The molecule has 4 heteroatoms. The van der Waals surface area contributed by atoms with E-state index in [0.717, 1.165) is 38.1 Å². The molecule has 0 aliphatic rings. The number of carbonyl (C=O) groups is 1. The van der Waals surface area contributed by atoms with Crippen LogP contribution in [0, 0.1) is 11.8 Å². The van der Waals surface area contributed by atoms with Gasteiger partial charge in [0.15, 0.2) is 0 Å². The lowest BCUT2D eigenvalue weighted by Crippen LogP contribution is -2.45. The molecule has 0 aliphatic carbocycles. The van der Waals surface area contributed by atoms with E-state index in [2.05, 4.69) is 27.7 Å². The van der Waals surface area contributed by atoms with Gasteiger partial charge in [-0.25, -0.2) is 0 Å². The predicted octanol–water partition coefficient (Wildman–Crippen LogP) is 2.99. The van der Waals surface area contributed by atoms with Crippen LogP contribution in [0.2, 0.25) is 0 Å². The number of hydrogen-bond donors (Lipinski definition) is 1. The Morgan fingerprint density at radius 2 is 1.53 bits per heavy atom. The standard InChI is InChI=1S/C15H32N2OS/c1-12(2)6-9-17(10-7-13(3)4)15(18)14(16)8-11-19-5/h12-14H,6-11,16H2,1-5H3/t14-/m0/s1. The van der Waals surface area contributed by atoms with Crippen LogP contribution in [0.3, 0.4) is 0 Å². The summed E-state index contributed by atoms with van der Waals surface area (Å²) in [6.45, 7) is 10.5. The van der Waals surface area contributed by atoms with E-state index in [-0.39, 0.29) is 11.9 Å². The lowest BCUT2D eigenvalue weighted by atomic mass is 10.1. The molecule has 0 saturated heterocycles. The lowest BCUT2D eigenvalue weighted by Gasteiger charge is -2.27. The summed E-state index contributed by atoms with van der Waals surface area (Å²) in [7, 11) is 0. The number of rotatable bonds is 10. The zero-order valence-electron chi connectivity index (χ0n) is 13.3. The van der Waals surface area contributed by atoms with Crippen LogP contribution in [0.15, 0.2) is 0 Å². The first-order valence-corrected chi connectivity index (χ1v) is 8.81. The van der Waals surface area contributed by atoms with Crippen molar-refractivity contribution in [2.75, 3.05) is 25.1 Å². The Balaban J connectivity index is 4.38. The molecule has 0 fully saturated rings. The molecule has 0 aromatic rings. The lowest BCUT2D eigenvalue weighted by molar-refractivity contribution is -0.133. The first-order chi connectivity index (χ1) is 8.88. The van der Waals surface area contributed by atoms with Crippen molar-refractivity contribution in [2.24, 2.45) is 17.6 Å². The molecular weight excluding hydrogens is 256 g/mol. The maximum atomic E-state index is 12.4. The number of thioether (sulfide) groups is 1. The summed E-state index contributed by atoms with van der Waals surface area (Å²) in [5.74, 6) is 2.33. The number of amides is 1. The Labute approximate surface area is 123 Å². The van der Waals surface area contributed by atoms with Gasteiger partial charge in [0, 0.05) is 13.1 Å². The van der Waals surface area contributed by atoms with Gasteiger partial charge in [-0.15, -0.1) is 0 Å². The topological polar surface area (TPSA) is 46.3 Å². The third-order valence-corrected chi connectivity index (χ3v) is 3.86. The second-order valence-electron chi connectivity index (χ2n) is 6.08. The van der Waals surface area contributed by atoms with E-state index >= 15 is 0 Å². The van der Waals surface area contributed by atoms with E-state index in [1.165, 1.54) is 0 Å². The molecule has 0 bridgehead atoms. The normalized spacial score (nSPS) is 13.1. The Hall–Kier alpha value is -0.220. The van der Waals surface area contributed by atoms with Crippen molar-refractivity contribution in [3.05, 3.63) is 0 Å². The number of nitrogens with zero attached hydrogens (tertiary/aromatic N) is 1. The molecule has 0 unspecified atom stereocenters. The fraction of sp³-hybridized carbons (Fsp3) is 0.933. The molecular formula is C15H32N2OS. The van der Waals surface area contributed by atoms with Gasteiger partial charge in [-0.3, -0.25) is 4.79 Å². The fourth-order valence-corrected chi connectivity index (χ4v) is 2.25. The summed E-state index contributed by atoms with van der Waals surface area (Å²) in [6.07, 6.45) is 4.94. The van der Waals surface area contributed by atoms with Crippen molar-refractivity contribution < 1.29 is 4.79 Å². The van der Waals surface area contributed by atoms with Crippen molar-refractivity contribution in [1.29, 1.82) is 0 Å². The monoisotopic (exact) mass is 288 g/mol. The molecule has 0 radical (unpaired) electrons. The highest BCUT2D eigenvalue weighted by Gasteiger charge is 2.20. The van der Waals surface area contributed by atoms with Crippen LogP contribution in [-0.2, 0) is 4.79 Å². The summed E-state index contributed by atoms with van der Waals surface area (Å²) in [6, 6.07) is -0.327. The highest BCUT2D eigenvalue weighted by molar-refractivity contribution is 7.98. The minimum Gasteiger partial charge on any atom is -0.341 e. The maximum absolute atomic E-state index is 12.4. The molecule has 2 N–H and O–H groups in total. The Morgan fingerprint density at radius 1 is 1.05 bits per heavy atom. The largest absolute Gasteiger partial charge is 0.341 e. The van der Waals surface area contributed by atoms with Crippen molar-refractivity contribution in [1.82, 2.24) is 4.90 Å². The van der Waals surface area contributed by atoms with Gasteiger partial charge in [-0.2, -0.15) is 11.8 Å². The van der Waals surface area contributed by atoms with Crippen LogP contribution >= 0.6 is 11.8 Å².